The fourth-order valence-corrected chi connectivity index (χ4v) is 3.14. The highest BCUT2D eigenvalue weighted by Gasteiger charge is 2.34. The predicted octanol–water partition coefficient (Wildman–Crippen LogP) is 3.87. The number of hydrazine groups is 1. The lowest BCUT2D eigenvalue weighted by Gasteiger charge is -2.14. The molecule has 0 atom stereocenters. The van der Waals surface area contributed by atoms with Crippen molar-refractivity contribution in [2.75, 3.05) is 12.1 Å². The van der Waals surface area contributed by atoms with Gasteiger partial charge in [-0.2, -0.15) is 0 Å². The van der Waals surface area contributed by atoms with Crippen LogP contribution in [0.1, 0.15) is 11.1 Å². The molecule has 0 aliphatic carbocycles. The molecule has 1 aliphatic heterocycles. The number of anilines is 1. The predicted molar refractivity (Wildman–Crippen MR) is 114 cm³/mol. The molecule has 0 radical (unpaired) electrons. The Morgan fingerprint density at radius 1 is 1.00 bits per heavy atom. The third-order valence-corrected chi connectivity index (χ3v) is 4.76. The van der Waals surface area contributed by atoms with E-state index in [1.165, 1.54) is 24.3 Å². The molecule has 0 unspecified atom stereocenters. The number of rotatable bonds is 6. The number of methoxy groups -OCH3 is 1. The minimum Gasteiger partial charge on any atom is -0.497 e. The Bertz CT molecular complexity index is 1160. The third-order valence-electron chi connectivity index (χ3n) is 4.76. The van der Waals surface area contributed by atoms with Gasteiger partial charge in [-0.05, 0) is 42.5 Å². The number of amides is 2. The number of para-hydroxylation sites is 1. The van der Waals surface area contributed by atoms with Gasteiger partial charge in [0.05, 0.1) is 12.8 Å². The second-order valence-corrected chi connectivity index (χ2v) is 6.76. The SMILES string of the molecule is COc1ccc(OCc2ccccc2F)c(C=C2C(=O)NN(c3ccccc3)C2=O)c1. The molecule has 1 saturated heterocycles. The van der Waals surface area contributed by atoms with Crippen molar-refractivity contribution in [3.63, 3.8) is 0 Å². The molecule has 2 amide bonds. The van der Waals surface area contributed by atoms with Crippen LogP contribution in [-0.2, 0) is 16.2 Å². The monoisotopic (exact) mass is 418 g/mol. The molecule has 4 rings (SSSR count). The molecule has 0 spiro atoms. The fraction of sp³-hybridized carbons (Fsp3) is 0.0833. The first kappa shape index (κ1) is 20.2. The van der Waals surface area contributed by atoms with E-state index in [1.54, 1.807) is 60.7 Å². The lowest BCUT2D eigenvalue weighted by atomic mass is 10.1. The van der Waals surface area contributed by atoms with E-state index in [9.17, 15) is 14.0 Å². The maximum Gasteiger partial charge on any atom is 0.282 e. The molecule has 156 valence electrons. The zero-order chi connectivity index (χ0) is 21.8. The molecule has 3 aromatic carbocycles. The van der Waals surface area contributed by atoms with Gasteiger partial charge < -0.3 is 9.47 Å². The average molecular weight is 418 g/mol. The van der Waals surface area contributed by atoms with E-state index in [-0.39, 0.29) is 18.0 Å². The van der Waals surface area contributed by atoms with Crippen LogP contribution in [0.2, 0.25) is 0 Å². The first-order valence-electron chi connectivity index (χ1n) is 9.53. The molecule has 3 aromatic rings. The summed E-state index contributed by atoms with van der Waals surface area (Å²) in [7, 11) is 1.51. The Kier molecular flexibility index (Phi) is 5.66. The van der Waals surface area contributed by atoms with Crippen LogP contribution in [0, 0.1) is 5.82 Å². The van der Waals surface area contributed by atoms with Gasteiger partial charge in [-0.15, -0.1) is 0 Å². The molecule has 1 aliphatic rings. The highest BCUT2D eigenvalue weighted by molar-refractivity contribution is 6.31. The van der Waals surface area contributed by atoms with Crippen molar-refractivity contribution in [2.45, 2.75) is 6.61 Å². The quantitative estimate of drug-likeness (QED) is 0.487. The maximum absolute atomic E-state index is 13.9. The summed E-state index contributed by atoms with van der Waals surface area (Å²) in [6.07, 6.45) is 1.44. The zero-order valence-corrected chi connectivity index (χ0v) is 16.7. The normalized spacial score (nSPS) is 14.6. The summed E-state index contributed by atoms with van der Waals surface area (Å²) in [4.78, 5) is 25.4. The zero-order valence-electron chi connectivity index (χ0n) is 16.7. The van der Waals surface area contributed by atoms with Crippen LogP contribution in [0.25, 0.3) is 6.08 Å². The summed E-state index contributed by atoms with van der Waals surface area (Å²) in [5.41, 5.74) is 3.91. The average Bonchev–Trinajstić information content (AvgIpc) is 3.08. The van der Waals surface area contributed by atoms with Crippen molar-refractivity contribution in [2.24, 2.45) is 0 Å². The Balaban J connectivity index is 1.65. The molecule has 0 bridgehead atoms. The van der Waals surface area contributed by atoms with Crippen molar-refractivity contribution >= 4 is 23.6 Å². The maximum atomic E-state index is 13.9. The van der Waals surface area contributed by atoms with Gasteiger partial charge in [0.1, 0.15) is 29.5 Å². The third kappa shape index (κ3) is 4.25. The largest absolute Gasteiger partial charge is 0.497 e. The van der Waals surface area contributed by atoms with Crippen LogP contribution < -0.4 is 19.9 Å². The minimum absolute atomic E-state index is 0.00847. The summed E-state index contributed by atoms with van der Waals surface area (Å²) in [5, 5.41) is 1.19. The van der Waals surface area contributed by atoms with Gasteiger partial charge in [0, 0.05) is 11.1 Å². The molecular weight excluding hydrogens is 399 g/mol. The van der Waals surface area contributed by atoms with Crippen LogP contribution in [0.15, 0.2) is 78.4 Å². The van der Waals surface area contributed by atoms with Gasteiger partial charge in [0.2, 0.25) is 0 Å². The number of hydrogen-bond acceptors (Lipinski definition) is 4. The smallest absolute Gasteiger partial charge is 0.282 e. The summed E-state index contributed by atoms with van der Waals surface area (Å²) in [6, 6.07) is 20.1. The number of halogens is 1. The van der Waals surface area contributed by atoms with E-state index in [1.807, 2.05) is 6.07 Å². The van der Waals surface area contributed by atoms with Gasteiger partial charge >= 0.3 is 0 Å². The van der Waals surface area contributed by atoms with Crippen LogP contribution in [0.3, 0.4) is 0 Å². The van der Waals surface area contributed by atoms with Crippen molar-refractivity contribution in [1.82, 2.24) is 5.43 Å². The number of carbonyl (C=O) groups excluding carboxylic acids is 2. The summed E-state index contributed by atoms with van der Waals surface area (Å²) < 4.78 is 25.0. The van der Waals surface area contributed by atoms with Gasteiger partial charge in [-0.1, -0.05) is 36.4 Å². The molecule has 1 fully saturated rings. The van der Waals surface area contributed by atoms with Crippen molar-refractivity contribution < 1.29 is 23.5 Å². The van der Waals surface area contributed by atoms with E-state index < -0.39 is 11.8 Å². The molecule has 0 aromatic heterocycles. The second-order valence-electron chi connectivity index (χ2n) is 6.76. The van der Waals surface area contributed by atoms with Gasteiger partial charge in [0.15, 0.2) is 0 Å². The lowest BCUT2D eigenvalue weighted by Crippen LogP contribution is -2.35. The summed E-state index contributed by atoms with van der Waals surface area (Å²) in [5.74, 6) is -0.484. The van der Waals surface area contributed by atoms with Crippen LogP contribution >= 0.6 is 0 Å². The number of hydrogen-bond donors (Lipinski definition) is 1. The van der Waals surface area contributed by atoms with Crippen molar-refractivity contribution in [3.8, 4) is 11.5 Å². The molecule has 6 nitrogen and oxygen atoms in total. The Morgan fingerprint density at radius 2 is 1.74 bits per heavy atom. The van der Waals surface area contributed by atoms with E-state index >= 15 is 0 Å². The molecular formula is C24H19FN2O4. The molecule has 1 N–H and O–H groups in total. The first-order valence-corrected chi connectivity index (χ1v) is 9.53. The lowest BCUT2D eigenvalue weighted by molar-refractivity contribution is -0.117. The highest BCUT2D eigenvalue weighted by atomic mass is 19.1. The van der Waals surface area contributed by atoms with Gasteiger partial charge in [-0.3, -0.25) is 15.0 Å². The molecule has 0 saturated carbocycles. The standard InChI is InChI=1S/C24H19FN2O4/c1-30-19-11-12-22(31-15-16-7-5-6-10-21(16)25)17(13-19)14-20-23(28)26-27(24(20)29)18-8-3-2-4-9-18/h2-14H,15H2,1H3,(H,26,28). The van der Waals surface area contributed by atoms with E-state index in [4.69, 9.17) is 9.47 Å². The Morgan fingerprint density at radius 3 is 2.48 bits per heavy atom. The topological polar surface area (TPSA) is 67.9 Å². The number of nitrogens with one attached hydrogen (secondary N) is 1. The van der Waals surface area contributed by atoms with Crippen LogP contribution in [-0.4, -0.2) is 18.9 Å². The summed E-state index contributed by atoms with van der Waals surface area (Å²) >= 11 is 0. The Hall–Kier alpha value is -4.13. The number of carbonyl (C=O) groups is 2. The van der Waals surface area contributed by atoms with Gasteiger partial charge in [0.25, 0.3) is 11.8 Å². The van der Waals surface area contributed by atoms with Crippen LogP contribution in [0.5, 0.6) is 11.5 Å². The summed E-state index contributed by atoms with van der Waals surface area (Å²) in [6.45, 7) is -0.00847. The van der Waals surface area contributed by atoms with Crippen molar-refractivity contribution in [3.05, 3.63) is 95.3 Å². The minimum atomic E-state index is -0.531. The van der Waals surface area contributed by atoms with Crippen molar-refractivity contribution in [1.29, 1.82) is 0 Å². The van der Waals surface area contributed by atoms with Gasteiger partial charge in [-0.25, -0.2) is 9.40 Å². The molecule has 1 heterocycles. The fourth-order valence-electron chi connectivity index (χ4n) is 3.14. The van der Waals surface area contributed by atoms with E-state index in [2.05, 4.69) is 5.43 Å². The van der Waals surface area contributed by atoms with Crippen LogP contribution in [0.4, 0.5) is 10.1 Å². The van der Waals surface area contributed by atoms with E-state index in [0.29, 0.717) is 28.3 Å². The second kappa shape index (κ2) is 8.71. The molecule has 31 heavy (non-hydrogen) atoms. The first-order chi connectivity index (χ1) is 15.1. The number of nitrogens with zero attached hydrogens (tertiary/aromatic N) is 1. The number of benzene rings is 3. The number of ether oxygens (including phenoxy) is 2. The Labute approximate surface area is 178 Å². The molecule has 7 heteroatoms. The highest BCUT2D eigenvalue weighted by Crippen LogP contribution is 2.29. The van der Waals surface area contributed by atoms with E-state index in [0.717, 1.165) is 0 Å².